The molecule has 1 saturated heterocycles. The number of anilines is 1. The number of halogens is 2. The number of guanidine groups is 1. The molecule has 0 saturated carbocycles. The lowest BCUT2D eigenvalue weighted by atomic mass is 10.1. The summed E-state index contributed by atoms with van der Waals surface area (Å²) in [4.78, 5) is 6.87. The van der Waals surface area contributed by atoms with Gasteiger partial charge in [0, 0.05) is 41.9 Å². The number of aliphatic imine (C=N–C) groups is 1. The maximum Gasteiger partial charge on any atom is 0.209 e. The first-order valence-corrected chi connectivity index (χ1v) is 11.4. The average Bonchev–Trinajstić information content (AvgIpc) is 2.99. The van der Waals surface area contributed by atoms with Crippen LogP contribution in [0.1, 0.15) is 27.2 Å². The van der Waals surface area contributed by atoms with Crippen molar-refractivity contribution >= 4 is 57.2 Å². The number of hydrogen-bond acceptors (Lipinski definition) is 4. The molecule has 0 radical (unpaired) electrons. The third-order valence-electron chi connectivity index (χ3n) is 4.14. The summed E-state index contributed by atoms with van der Waals surface area (Å²) in [6.07, 6.45) is 2.15. The summed E-state index contributed by atoms with van der Waals surface area (Å²) in [6.45, 7) is 8.50. The molecule has 1 heterocycles. The Morgan fingerprint density at radius 3 is 2.71 bits per heavy atom. The predicted molar refractivity (Wildman–Crippen MR) is 129 cm³/mol. The quantitative estimate of drug-likeness (QED) is 0.279. The highest BCUT2D eigenvalue weighted by Gasteiger charge is 2.25. The Bertz CT molecular complexity index is 773. The number of nitrogens with one attached hydrogen (secondary N) is 3. The van der Waals surface area contributed by atoms with Gasteiger partial charge in [-0.3, -0.25) is 4.99 Å². The molecule has 1 fully saturated rings. The minimum atomic E-state index is -3.28. The predicted octanol–water partition coefficient (Wildman–Crippen LogP) is 2.42. The van der Waals surface area contributed by atoms with Gasteiger partial charge in [-0.2, -0.15) is 0 Å². The highest BCUT2D eigenvalue weighted by Crippen LogP contribution is 2.23. The Labute approximate surface area is 190 Å². The van der Waals surface area contributed by atoms with Gasteiger partial charge in [-0.15, -0.1) is 24.0 Å². The molecule has 3 N–H and O–H groups in total. The first-order valence-electron chi connectivity index (χ1n) is 9.12. The molecule has 1 unspecified atom stereocenters. The normalized spacial score (nSPS) is 18.0. The molecular formula is C18H31ClIN5O2S. The van der Waals surface area contributed by atoms with Crippen molar-refractivity contribution in [3.8, 4) is 0 Å². The maximum atomic E-state index is 11.5. The van der Waals surface area contributed by atoms with Crippen LogP contribution in [0, 0.1) is 0 Å². The second-order valence-electron chi connectivity index (χ2n) is 7.51. The van der Waals surface area contributed by atoms with E-state index in [2.05, 4.69) is 31.3 Å². The Kier molecular flexibility index (Phi) is 9.78. The van der Waals surface area contributed by atoms with Gasteiger partial charge in [-0.25, -0.2) is 13.1 Å². The number of rotatable bonds is 7. The van der Waals surface area contributed by atoms with Crippen LogP contribution in [0.2, 0.25) is 5.02 Å². The molecule has 1 aliphatic heterocycles. The van der Waals surface area contributed by atoms with Gasteiger partial charge in [-0.05, 0) is 45.4 Å². The van der Waals surface area contributed by atoms with Crippen LogP contribution in [0.25, 0.3) is 0 Å². The highest BCUT2D eigenvalue weighted by atomic mass is 127. The molecule has 0 aromatic heterocycles. The van der Waals surface area contributed by atoms with Crippen molar-refractivity contribution in [3.05, 3.63) is 29.3 Å². The molecule has 160 valence electrons. The van der Waals surface area contributed by atoms with E-state index in [0.29, 0.717) is 12.5 Å². The van der Waals surface area contributed by atoms with E-state index in [-0.39, 0.29) is 30.0 Å². The fourth-order valence-electron chi connectivity index (χ4n) is 3.11. The molecule has 10 heteroatoms. The Hall–Kier alpha value is -0.780. The Morgan fingerprint density at radius 1 is 1.39 bits per heavy atom. The molecule has 0 aliphatic carbocycles. The van der Waals surface area contributed by atoms with E-state index in [1.807, 2.05) is 39.0 Å². The van der Waals surface area contributed by atoms with E-state index >= 15 is 0 Å². The molecule has 0 amide bonds. The Morgan fingerprint density at radius 2 is 2.11 bits per heavy atom. The number of hydrogen-bond donors (Lipinski definition) is 3. The van der Waals surface area contributed by atoms with E-state index in [1.54, 1.807) is 0 Å². The van der Waals surface area contributed by atoms with Crippen molar-refractivity contribution in [1.29, 1.82) is 0 Å². The highest BCUT2D eigenvalue weighted by molar-refractivity contribution is 14.0. The zero-order valence-corrected chi connectivity index (χ0v) is 20.7. The summed E-state index contributed by atoms with van der Waals surface area (Å²) in [5, 5.41) is 7.42. The fourth-order valence-corrected chi connectivity index (χ4v) is 4.36. The van der Waals surface area contributed by atoms with Gasteiger partial charge in [0.15, 0.2) is 5.96 Å². The van der Waals surface area contributed by atoms with Crippen LogP contribution >= 0.6 is 35.6 Å². The summed E-state index contributed by atoms with van der Waals surface area (Å²) >= 11 is 6.09. The van der Waals surface area contributed by atoms with Gasteiger partial charge >= 0.3 is 0 Å². The lowest BCUT2D eigenvalue weighted by molar-refractivity contribution is 0.464. The van der Waals surface area contributed by atoms with Crippen LogP contribution in [0.15, 0.2) is 29.3 Å². The largest absolute Gasteiger partial charge is 0.369 e. The molecule has 2 rings (SSSR count). The average molecular weight is 544 g/mol. The molecule has 1 atom stereocenters. The topological polar surface area (TPSA) is 85.8 Å². The van der Waals surface area contributed by atoms with E-state index < -0.39 is 15.6 Å². The second kappa shape index (κ2) is 10.8. The molecule has 0 bridgehead atoms. The van der Waals surface area contributed by atoms with E-state index in [9.17, 15) is 8.42 Å². The van der Waals surface area contributed by atoms with Gasteiger partial charge < -0.3 is 15.5 Å². The number of benzene rings is 1. The van der Waals surface area contributed by atoms with Gasteiger partial charge in [-0.1, -0.05) is 17.7 Å². The van der Waals surface area contributed by atoms with E-state index in [4.69, 9.17) is 11.6 Å². The zero-order chi connectivity index (χ0) is 20.1. The summed E-state index contributed by atoms with van der Waals surface area (Å²) in [5.74, 6) is 0.693. The molecule has 1 aromatic rings. The molecule has 1 aliphatic rings. The smallest absolute Gasteiger partial charge is 0.209 e. The summed E-state index contributed by atoms with van der Waals surface area (Å²) in [7, 11) is -3.28. The first-order chi connectivity index (χ1) is 12.6. The van der Waals surface area contributed by atoms with Gasteiger partial charge in [0.2, 0.25) is 10.0 Å². The van der Waals surface area contributed by atoms with Crippen LogP contribution in [0.3, 0.4) is 0 Å². The summed E-state index contributed by atoms with van der Waals surface area (Å²) < 4.78 is 25.6. The van der Waals surface area contributed by atoms with Gasteiger partial charge in [0.05, 0.1) is 12.8 Å². The number of sulfonamides is 1. The third kappa shape index (κ3) is 8.71. The maximum absolute atomic E-state index is 11.5. The van der Waals surface area contributed by atoms with Crippen molar-refractivity contribution in [2.75, 3.05) is 37.3 Å². The zero-order valence-electron chi connectivity index (χ0n) is 16.8. The van der Waals surface area contributed by atoms with Crippen LogP contribution in [-0.4, -0.2) is 58.4 Å². The van der Waals surface area contributed by atoms with E-state index in [0.717, 1.165) is 43.0 Å². The molecule has 28 heavy (non-hydrogen) atoms. The lowest BCUT2D eigenvalue weighted by Crippen LogP contribution is -2.48. The lowest BCUT2D eigenvalue weighted by Gasteiger charge is -2.24. The van der Waals surface area contributed by atoms with Crippen LogP contribution in [0.5, 0.6) is 0 Å². The van der Waals surface area contributed by atoms with Gasteiger partial charge in [0.1, 0.15) is 0 Å². The molecular weight excluding hydrogens is 513 g/mol. The Balaban J connectivity index is 0.00000392. The minimum Gasteiger partial charge on any atom is -0.369 e. The van der Waals surface area contributed by atoms with Gasteiger partial charge in [0.25, 0.3) is 0 Å². The van der Waals surface area contributed by atoms with E-state index in [1.165, 1.54) is 0 Å². The van der Waals surface area contributed by atoms with Crippen LogP contribution in [-0.2, 0) is 10.0 Å². The fraction of sp³-hybridized carbons (Fsp3) is 0.611. The molecule has 0 spiro atoms. The standard InChI is InChI=1S/C18H30ClN5O2S.HI/c1-5-20-17(21-13-18(2,3)23-27(4,25)26)22-15-9-10-24(12-15)16-8-6-7-14(19)11-16;/h6-8,11,15,23H,5,9-10,12-13H2,1-4H3,(H2,20,21,22);1H. The van der Waals surface area contributed by atoms with Crippen LogP contribution < -0.4 is 20.3 Å². The molecule has 1 aromatic carbocycles. The summed E-state index contributed by atoms with van der Waals surface area (Å²) in [5.41, 5.74) is 0.463. The van der Waals surface area contributed by atoms with Crippen molar-refractivity contribution in [2.45, 2.75) is 38.8 Å². The second-order valence-corrected chi connectivity index (χ2v) is 9.69. The summed E-state index contributed by atoms with van der Waals surface area (Å²) in [6, 6.07) is 8.13. The van der Waals surface area contributed by atoms with Crippen molar-refractivity contribution in [2.24, 2.45) is 4.99 Å². The van der Waals surface area contributed by atoms with Crippen molar-refractivity contribution in [1.82, 2.24) is 15.4 Å². The number of nitrogens with zero attached hydrogens (tertiary/aromatic N) is 2. The third-order valence-corrected chi connectivity index (χ3v) is 5.30. The molecule has 7 nitrogen and oxygen atoms in total. The minimum absolute atomic E-state index is 0. The first kappa shape index (κ1) is 25.3. The monoisotopic (exact) mass is 543 g/mol. The van der Waals surface area contributed by atoms with Crippen LogP contribution in [0.4, 0.5) is 5.69 Å². The van der Waals surface area contributed by atoms with Crippen molar-refractivity contribution in [3.63, 3.8) is 0 Å². The SMILES string of the molecule is CCNC(=NCC(C)(C)NS(C)(=O)=O)NC1CCN(c2cccc(Cl)c2)C1.I. The van der Waals surface area contributed by atoms with Crippen molar-refractivity contribution < 1.29 is 8.42 Å².